The highest BCUT2D eigenvalue weighted by atomic mass is 79.9. The van der Waals surface area contributed by atoms with Crippen molar-refractivity contribution >= 4 is 32.8 Å². The molecule has 0 saturated carbocycles. The highest BCUT2D eigenvalue weighted by molar-refractivity contribution is 9.10. The maximum Gasteiger partial charge on any atom is 0.200 e. The Labute approximate surface area is 139 Å². The third kappa shape index (κ3) is 4.06. The summed E-state index contributed by atoms with van der Waals surface area (Å²) >= 11 is 3.24. The average molecular weight is 411 g/mol. The third-order valence-electron chi connectivity index (χ3n) is 2.87. The van der Waals surface area contributed by atoms with Crippen molar-refractivity contribution < 1.29 is 26.2 Å². The number of benzene rings is 2. The van der Waals surface area contributed by atoms with Gasteiger partial charge >= 0.3 is 0 Å². The van der Waals surface area contributed by atoms with Crippen LogP contribution in [-0.2, 0) is 16.6 Å². The molecule has 0 saturated heterocycles. The standard InChI is InChI=1S/C15H8BrF5OS/c16-9-3-1-8(2-4-9)5-6-23(22)7-10-11(17)13(19)15(21)14(20)12(10)18/h1-6H,7H2/b6-5+. The molecule has 0 aliphatic heterocycles. The van der Waals surface area contributed by atoms with Crippen LogP contribution in [0.2, 0.25) is 0 Å². The Bertz CT molecular complexity index is 760. The van der Waals surface area contributed by atoms with Crippen LogP contribution in [0.5, 0.6) is 0 Å². The van der Waals surface area contributed by atoms with Crippen LogP contribution >= 0.6 is 15.9 Å². The lowest BCUT2D eigenvalue weighted by molar-refractivity contribution is 0.372. The van der Waals surface area contributed by atoms with Gasteiger partial charge in [-0.3, -0.25) is 4.21 Å². The minimum Gasteiger partial charge on any atom is -0.255 e. The van der Waals surface area contributed by atoms with E-state index in [1.807, 2.05) is 0 Å². The summed E-state index contributed by atoms with van der Waals surface area (Å²) in [6, 6.07) is 6.84. The summed E-state index contributed by atoms with van der Waals surface area (Å²) in [5.74, 6) is -11.1. The molecule has 0 aliphatic carbocycles. The Morgan fingerprint density at radius 2 is 1.35 bits per heavy atom. The molecule has 2 aromatic rings. The van der Waals surface area contributed by atoms with Crippen molar-refractivity contribution in [2.45, 2.75) is 5.75 Å². The molecule has 0 heterocycles. The predicted molar refractivity (Wildman–Crippen MR) is 81.3 cm³/mol. The second kappa shape index (κ2) is 7.35. The normalized spacial score (nSPS) is 12.8. The fourth-order valence-corrected chi connectivity index (χ4v) is 2.90. The lowest BCUT2D eigenvalue weighted by Gasteiger charge is -2.06. The summed E-state index contributed by atoms with van der Waals surface area (Å²) < 4.78 is 78.6. The van der Waals surface area contributed by atoms with Gasteiger partial charge in [0.25, 0.3) is 0 Å². The smallest absolute Gasteiger partial charge is 0.200 e. The molecule has 2 rings (SSSR count). The molecule has 23 heavy (non-hydrogen) atoms. The average Bonchev–Trinajstić information content (AvgIpc) is 2.54. The van der Waals surface area contributed by atoms with Crippen LogP contribution in [0.3, 0.4) is 0 Å². The third-order valence-corrected chi connectivity index (χ3v) is 4.41. The molecule has 8 heteroatoms. The molecule has 1 nitrogen and oxygen atoms in total. The minimum absolute atomic E-state index is 0.666. The highest BCUT2D eigenvalue weighted by Crippen LogP contribution is 2.24. The first-order valence-electron chi connectivity index (χ1n) is 6.12. The number of hydrogen-bond donors (Lipinski definition) is 0. The zero-order valence-electron chi connectivity index (χ0n) is 11.3. The van der Waals surface area contributed by atoms with Gasteiger partial charge < -0.3 is 0 Å². The summed E-state index contributed by atoms with van der Waals surface area (Å²) in [6.45, 7) is 0. The first kappa shape index (κ1) is 17.8. The van der Waals surface area contributed by atoms with Gasteiger partial charge in [-0.15, -0.1) is 0 Å². The van der Waals surface area contributed by atoms with Crippen molar-refractivity contribution in [2.24, 2.45) is 0 Å². The number of hydrogen-bond acceptors (Lipinski definition) is 1. The van der Waals surface area contributed by atoms with E-state index in [2.05, 4.69) is 15.9 Å². The highest BCUT2D eigenvalue weighted by Gasteiger charge is 2.26. The maximum absolute atomic E-state index is 13.5. The zero-order valence-corrected chi connectivity index (χ0v) is 13.7. The van der Waals surface area contributed by atoms with Crippen molar-refractivity contribution in [3.8, 4) is 0 Å². The van der Waals surface area contributed by atoms with Crippen molar-refractivity contribution in [3.05, 3.63) is 74.4 Å². The van der Waals surface area contributed by atoms with Crippen molar-refractivity contribution in [2.75, 3.05) is 0 Å². The van der Waals surface area contributed by atoms with Gasteiger partial charge in [-0.05, 0) is 23.8 Å². The molecule has 1 atom stereocenters. The van der Waals surface area contributed by atoms with Gasteiger partial charge in [0.2, 0.25) is 5.82 Å². The molecule has 0 radical (unpaired) electrons. The number of halogens is 6. The molecule has 122 valence electrons. The van der Waals surface area contributed by atoms with Crippen molar-refractivity contribution in [1.82, 2.24) is 0 Å². The van der Waals surface area contributed by atoms with Gasteiger partial charge in [-0.1, -0.05) is 28.1 Å². The largest absolute Gasteiger partial charge is 0.255 e. The van der Waals surface area contributed by atoms with Gasteiger partial charge in [0, 0.05) is 15.4 Å². The van der Waals surface area contributed by atoms with E-state index in [1.165, 1.54) is 6.08 Å². The van der Waals surface area contributed by atoms with E-state index in [9.17, 15) is 26.2 Å². The summed E-state index contributed by atoms with van der Waals surface area (Å²) in [4.78, 5) is 0. The molecule has 2 aromatic carbocycles. The summed E-state index contributed by atoms with van der Waals surface area (Å²) in [5, 5.41) is 1.13. The monoisotopic (exact) mass is 410 g/mol. The van der Waals surface area contributed by atoms with Gasteiger partial charge in [0.05, 0.1) is 16.6 Å². The van der Waals surface area contributed by atoms with Gasteiger partial charge in [0.15, 0.2) is 23.3 Å². The molecular formula is C15H8BrF5OS. The second-order valence-corrected chi connectivity index (χ2v) is 6.67. The van der Waals surface area contributed by atoms with E-state index < -0.39 is 51.2 Å². The molecule has 0 aromatic heterocycles. The Morgan fingerprint density at radius 1 is 0.870 bits per heavy atom. The van der Waals surface area contributed by atoms with Gasteiger partial charge in [-0.25, -0.2) is 22.0 Å². The minimum atomic E-state index is -2.24. The Balaban J connectivity index is 2.22. The molecule has 1 unspecified atom stereocenters. The lowest BCUT2D eigenvalue weighted by atomic mass is 10.2. The van der Waals surface area contributed by atoms with Crippen LogP contribution in [-0.4, -0.2) is 4.21 Å². The molecule has 0 bridgehead atoms. The first-order chi connectivity index (χ1) is 10.8. The van der Waals surface area contributed by atoms with Crippen LogP contribution in [0, 0.1) is 29.1 Å². The molecule has 0 amide bonds. The quantitative estimate of drug-likeness (QED) is 0.391. The Kier molecular flexibility index (Phi) is 5.69. The van der Waals surface area contributed by atoms with Crippen LogP contribution in [0.15, 0.2) is 34.1 Å². The fraction of sp³-hybridized carbons (Fsp3) is 0.0667. The van der Waals surface area contributed by atoms with E-state index in [0.29, 0.717) is 5.56 Å². The van der Waals surface area contributed by atoms with Crippen molar-refractivity contribution in [1.29, 1.82) is 0 Å². The molecule has 0 aliphatic rings. The van der Waals surface area contributed by atoms with Gasteiger partial charge in [0.1, 0.15) is 0 Å². The van der Waals surface area contributed by atoms with Crippen LogP contribution in [0.1, 0.15) is 11.1 Å². The van der Waals surface area contributed by atoms with E-state index in [-0.39, 0.29) is 0 Å². The van der Waals surface area contributed by atoms with Gasteiger partial charge in [-0.2, -0.15) is 0 Å². The first-order valence-corrected chi connectivity index (χ1v) is 8.30. The van der Waals surface area contributed by atoms with E-state index in [0.717, 1.165) is 9.88 Å². The lowest BCUT2D eigenvalue weighted by Crippen LogP contribution is -2.08. The SMILES string of the molecule is O=S(/C=C/c1ccc(Br)cc1)Cc1c(F)c(F)c(F)c(F)c1F. The summed E-state index contributed by atoms with van der Waals surface area (Å²) in [5.41, 5.74) is -0.431. The van der Waals surface area contributed by atoms with E-state index in [1.54, 1.807) is 24.3 Å². The topological polar surface area (TPSA) is 17.1 Å². The maximum atomic E-state index is 13.5. The zero-order chi connectivity index (χ0) is 17.1. The Hall–Kier alpha value is -1.54. The van der Waals surface area contributed by atoms with Crippen LogP contribution in [0.25, 0.3) is 6.08 Å². The number of rotatable bonds is 4. The molecule has 0 fully saturated rings. The second-order valence-electron chi connectivity index (χ2n) is 4.43. The van der Waals surface area contributed by atoms with Crippen LogP contribution in [0.4, 0.5) is 22.0 Å². The van der Waals surface area contributed by atoms with E-state index in [4.69, 9.17) is 0 Å². The molecular weight excluding hydrogens is 403 g/mol. The van der Waals surface area contributed by atoms with Crippen molar-refractivity contribution in [3.63, 3.8) is 0 Å². The van der Waals surface area contributed by atoms with E-state index >= 15 is 0 Å². The summed E-state index contributed by atoms with van der Waals surface area (Å²) in [6.07, 6.45) is 1.43. The summed E-state index contributed by atoms with van der Waals surface area (Å²) in [7, 11) is -1.95. The fourth-order valence-electron chi connectivity index (χ4n) is 1.70. The Morgan fingerprint density at radius 3 is 1.87 bits per heavy atom. The predicted octanol–water partition coefficient (Wildman–Crippen LogP) is 5.06. The molecule has 0 spiro atoms. The van der Waals surface area contributed by atoms with Crippen LogP contribution < -0.4 is 0 Å². The molecule has 0 N–H and O–H groups in total.